The summed E-state index contributed by atoms with van der Waals surface area (Å²) in [7, 11) is 0. The van der Waals surface area contributed by atoms with Crippen molar-refractivity contribution in [1.29, 1.82) is 0 Å². The largest absolute Gasteiger partial charge is 0.368 e. The molecule has 0 atom stereocenters. The number of non-ortho nitro benzene ring substituents is 1. The topological polar surface area (TPSA) is 88.3 Å². The van der Waals surface area contributed by atoms with Gasteiger partial charge in [0.05, 0.1) is 10.4 Å². The van der Waals surface area contributed by atoms with Crippen molar-refractivity contribution in [3.63, 3.8) is 0 Å². The molecule has 0 saturated carbocycles. The van der Waals surface area contributed by atoms with Crippen molar-refractivity contribution in [3.8, 4) is 11.5 Å². The number of piperazine rings is 1. The Hall–Kier alpha value is -4.07. The number of rotatable bonds is 4. The number of aromatic nitrogens is 3. The molecule has 8 heteroatoms. The second-order valence-corrected chi connectivity index (χ2v) is 7.35. The first-order valence-corrected chi connectivity index (χ1v) is 10.1. The lowest BCUT2D eigenvalue weighted by molar-refractivity contribution is -0.384. The summed E-state index contributed by atoms with van der Waals surface area (Å²) in [5, 5.41) is 11.9. The first-order valence-electron chi connectivity index (χ1n) is 10.1. The summed E-state index contributed by atoms with van der Waals surface area (Å²) < 4.78 is 0. The average Bonchev–Trinajstić information content (AvgIpc) is 2.84. The van der Waals surface area contributed by atoms with E-state index in [2.05, 4.69) is 20.9 Å². The van der Waals surface area contributed by atoms with Crippen LogP contribution in [0.5, 0.6) is 0 Å². The fourth-order valence-electron chi connectivity index (χ4n) is 3.87. The highest BCUT2D eigenvalue weighted by molar-refractivity contribution is 5.91. The van der Waals surface area contributed by atoms with Crippen LogP contribution in [0.15, 0.2) is 72.9 Å². The molecule has 1 saturated heterocycles. The monoisotopic (exact) mass is 412 g/mol. The van der Waals surface area contributed by atoms with Crippen molar-refractivity contribution in [1.82, 2.24) is 15.0 Å². The van der Waals surface area contributed by atoms with E-state index in [0.29, 0.717) is 5.82 Å². The lowest BCUT2D eigenvalue weighted by atomic mass is 10.2. The summed E-state index contributed by atoms with van der Waals surface area (Å²) in [6, 6.07) is 20.5. The van der Waals surface area contributed by atoms with E-state index in [4.69, 9.17) is 9.97 Å². The van der Waals surface area contributed by atoms with Crippen LogP contribution < -0.4 is 9.80 Å². The summed E-state index contributed by atoms with van der Waals surface area (Å²) in [5.74, 6) is 1.53. The molecule has 3 heterocycles. The van der Waals surface area contributed by atoms with Gasteiger partial charge in [0.1, 0.15) is 11.5 Å². The van der Waals surface area contributed by atoms with Crippen LogP contribution in [0.1, 0.15) is 0 Å². The summed E-state index contributed by atoms with van der Waals surface area (Å²) in [6.45, 7) is 3.18. The summed E-state index contributed by atoms with van der Waals surface area (Å²) in [6.07, 6.45) is 1.75. The van der Waals surface area contributed by atoms with Crippen molar-refractivity contribution in [2.75, 3.05) is 36.0 Å². The Balaban J connectivity index is 1.42. The van der Waals surface area contributed by atoms with Gasteiger partial charge < -0.3 is 9.80 Å². The van der Waals surface area contributed by atoms with Crippen molar-refractivity contribution >= 4 is 28.1 Å². The van der Waals surface area contributed by atoms with E-state index in [0.717, 1.165) is 54.3 Å². The van der Waals surface area contributed by atoms with Crippen molar-refractivity contribution < 1.29 is 4.92 Å². The van der Waals surface area contributed by atoms with Crippen LogP contribution >= 0.6 is 0 Å². The highest BCUT2D eigenvalue weighted by Crippen LogP contribution is 2.28. The molecule has 1 fully saturated rings. The molecule has 1 aliphatic heterocycles. The maximum absolute atomic E-state index is 10.9. The fourth-order valence-corrected chi connectivity index (χ4v) is 3.87. The fraction of sp³-hybridized carbons (Fsp3) is 0.174. The Labute approximate surface area is 179 Å². The minimum absolute atomic E-state index is 0.108. The van der Waals surface area contributed by atoms with E-state index in [-0.39, 0.29) is 10.6 Å². The third-order valence-corrected chi connectivity index (χ3v) is 5.48. The third-order valence-electron chi connectivity index (χ3n) is 5.48. The van der Waals surface area contributed by atoms with Crippen LogP contribution in [0.4, 0.5) is 17.2 Å². The van der Waals surface area contributed by atoms with E-state index < -0.39 is 0 Å². The van der Waals surface area contributed by atoms with Gasteiger partial charge in [0, 0.05) is 55.6 Å². The number of nitro benzene ring substituents is 1. The van der Waals surface area contributed by atoms with Gasteiger partial charge in [-0.15, -0.1) is 0 Å². The molecule has 0 radical (unpaired) electrons. The number of pyridine rings is 1. The number of anilines is 2. The summed E-state index contributed by atoms with van der Waals surface area (Å²) in [5.41, 5.74) is 2.74. The average molecular weight is 412 g/mol. The molecule has 0 spiro atoms. The summed E-state index contributed by atoms with van der Waals surface area (Å²) >= 11 is 0. The Morgan fingerprint density at radius 3 is 2.23 bits per heavy atom. The number of para-hydroxylation sites is 1. The molecule has 0 unspecified atom stereocenters. The van der Waals surface area contributed by atoms with E-state index >= 15 is 0 Å². The molecule has 0 amide bonds. The number of hydrogen-bond acceptors (Lipinski definition) is 7. The van der Waals surface area contributed by atoms with Crippen LogP contribution in [0.25, 0.3) is 22.4 Å². The van der Waals surface area contributed by atoms with Crippen LogP contribution in [0, 0.1) is 10.1 Å². The second-order valence-electron chi connectivity index (χ2n) is 7.35. The molecule has 1 aliphatic rings. The Morgan fingerprint density at radius 1 is 0.806 bits per heavy atom. The van der Waals surface area contributed by atoms with Gasteiger partial charge in [-0.25, -0.2) is 9.97 Å². The molecule has 2 aromatic carbocycles. The quantitative estimate of drug-likeness (QED) is 0.371. The Kier molecular flexibility index (Phi) is 4.87. The van der Waals surface area contributed by atoms with E-state index in [1.165, 1.54) is 0 Å². The normalized spacial score (nSPS) is 14.1. The van der Waals surface area contributed by atoms with E-state index in [9.17, 15) is 10.1 Å². The minimum Gasteiger partial charge on any atom is -0.368 e. The lowest BCUT2D eigenvalue weighted by Crippen LogP contribution is -2.47. The molecule has 2 aromatic heterocycles. The van der Waals surface area contributed by atoms with Crippen LogP contribution in [0.2, 0.25) is 0 Å². The predicted octanol–water partition coefficient (Wildman–Crippen LogP) is 3.93. The van der Waals surface area contributed by atoms with Gasteiger partial charge >= 0.3 is 0 Å². The zero-order valence-corrected chi connectivity index (χ0v) is 16.8. The highest BCUT2D eigenvalue weighted by atomic mass is 16.6. The van der Waals surface area contributed by atoms with Crippen LogP contribution in [-0.2, 0) is 0 Å². The number of fused-ring (bicyclic) bond motifs is 1. The zero-order valence-electron chi connectivity index (χ0n) is 16.8. The van der Waals surface area contributed by atoms with Gasteiger partial charge in [0.15, 0.2) is 5.82 Å². The zero-order chi connectivity index (χ0) is 21.2. The SMILES string of the molecule is O=[N+]([O-])c1ccc(N2CCN(c3nc(-c4ccccn4)nc4ccccc34)CC2)cc1. The van der Waals surface area contributed by atoms with E-state index in [1.54, 1.807) is 18.3 Å². The smallest absolute Gasteiger partial charge is 0.269 e. The summed E-state index contributed by atoms with van der Waals surface area (Å²) in [4.78, 5) is 29.1. The third kappa shape index (κ3) is 3.75. The van der Waals surface area contributed by atoms with Crippen molar-refractivity contribution in [2.45, 2.75) is 0 Å². The van der Waals surface area contributed by atoms with Gasteiger partial charge in [-0.3, -0.25) is 15.1 Å². The Bertz CT molecular complexity index is 1220. The second kappa shape index (κ2) is 7.98. The molecule has 0 N–H and O–H groups in total. The first kappa shape index (κ1) is 18.9. The van der Waals surface area contributed by atoms with Crippen LogP contribution in [-0.4, -0.2) is 46.1 Å². The molecular weight excluding hydrogens is 392 g/mol. The number of benzene rings is 2. The van der Waals surface area contributed by atoms with Gasteiger partial charge in [0.2, 0.25) is 0 Å². The molecule has 4 aromatic rings. The standard InChI is InChI=1S/C23H20N6O2/c30-29(31)18-10-8-17(9-11-18)27-13-15-28(16-14-27)23-19-5-1-2-6-20(19)25-22(26-23)21-7-3-4-12-24-21/h1-12H,13-16H2. The molecule has 154 valence electrons. The first-order chi connectivity index (χ1) is 15.2. The number of hydrogen-bond donors (Lipinski definition) is 0. The van der Waals surface area contributed by atoms with Crippen molar-refractivity contribution in [2.24, 2.45) is 0 Å². The van der Waals surface area contributed by atoms with Gasteiger partial charge in [-0.1, -0.05) is 18.2 Å². The molecular formula is C23H20N6O2. The van der Waals surface area contributed by atoms with Crippen molar-refractivity contribution in [3.05, 3.63) is 83.0 Å². The van der Waals surface area contributed by atoms with Crippen LogP contribution in [0.3, 0.4) is 0 Å². The van der Waals surface area contributed by atoms with Gasteiger partial charge in [0.25, 0.3) is 5.69 Å². The minimum atomic E-state index is -0.374. The molecule has 0 bridgehead atoms. The van der Waals surface area contributed by atoms with Gasteiger partial charge in [-0.05, 0) is 36.4 Å². The highest BCUT2D eigenvalue weighted by Gasteiger charge is 2.22. The molecule has 8 nitrogen and oxygen atoms in total. The van der Waals surface area contributed by atoms with Gasteiger partial charge in [-0.2, -0.15) is 0 Å². The molecule has 0 aliphatic carbocycles. The maximum Gasteiger partial charge on any atom is 0.269 e. The Morgan fingerprint density at radius 2 is 1.52 bits per heavy atom. The van der Waals surface area contributed by atoms with E-state index in [1.807, 2.05) is 48.5 Å². The lowest BCUT2D eigenvalue weighted by Gasteiger charge is -2.37. The molecule has 31 heavy (non-hydrogen) atoms. The maximum atomic E-state index is 10.9. The number of nitrogens with zero attached hydrogens (tertiary/aromatic N) is 6. The predicted molar refractivity (Wildman–Crippen MR) is 120 cm³/mol. The number of nitro groups is 1. The molecule has 5 rings (SSSR count).